The molecule has 2 aromatic rings. The minimum atomic E-state index is -0.207. The van der Waals surface area contributed by atoms with Gasteiger partial charge in [-0.05, 0) is 37.6 Å². The molecule has 19 heavy (non-hydrogen) atoms. The maximum Gasteiger partial charge on any atom is 0.207 e. The molecule has 0 saturated carbocycles. The number of ether oxygens (including phenoxy) is 1. The number of aryl methyl sites for hydroxylation is 1. The number of aromatic nitrogens is 2. The van der Waals surface area contributed by atoms with E-state index in [9.17, 15) is 4.39 Å². The van der Waals surface area contributed by atoms with Gasteiger partial charge in [0.15, 0.2) is 0 Å². The summed E-state index contributed by atoms with van der Waals surface area (Å²) < 4.78 is 20.4. The molecule has 0 aliphatic carbocycles. The largest absolute Gasteiger partial charge is 0.383 e. The summed E-state index contributed by atoms with van der Waals surface area (Å²) in [5.41, 5.74) is 1.42. The highest BCUT2D eigenvalue weighted by molar-refractivity contribution is 5.55. The van der Waals surface area contributed by atoms with Gasteiger partial charge in [-0.25, -0.2) is 9.37 Å². The summed E-state index contributed by atoms with van der Waals surface area (Å²) in [5, 5.41) is 3.19. The monoisotopic (exact) mass is 263 g/mol. The van der Waals surface area contributed by atoms with E-state index in [1.165, 1.54) is 6.07 Å². The van der Waals surface area contributed by atoms with Crippen LogP contribution in [0.3, 0.4) is 0 Å². The fraction of sp³-hybridized carbons (Fsp3) is 0.357. The minimum absolute atomic E-state index is 0.177. The lowest BCUT2D eigenvalue weighted by Gasteiger charge is -2.16. The van der Waals surface area contributed by atoms with Crippen molar-refractivity contribution in [3.63, 3.8) is 0 Å². The normalized spacial score (nSPS) is 12.4. The first kappa shape index (κ1) is 13.5. The van der Waals surface area contributed by atoms with Crippen molar-refractivity contribution in [1.29, 1.82) is 0 Å². The van der Waals surface area contributed by atoms with Crippen molar-refractivity contribution < 1.29 is 9.13 Å². The third-order valence-corrected chi connectivity index (χ3v) is 2.97. The molecule has 5 heteroatoms. The number of hydrogen-bond donors (Lipinski definition) is 1. The smallest absolute Gasteiger partial charge is 0.207 e. The van der Waals surface area contributed by atoms with Gasteiger partial charge in [0.05, 0.1) is 12.6 Å². The molecular formula is C14H18FN3O. The highest BCUT2D eigenvalue weighted by atomic mass is 19.1. The van der Waals surface area contributed by atoms with Gasteiger partial charge in [-0.1, -0.05) is 0 Å². The number of benzene rings is 1. The van der Waals surface area contributed by atoms with Gasteiger partial charge in [0.1, 0.15) is 5.82 Å². The molecule has 1 aromatic heterocycles. The Hall–Kier alpha value is -1.88. The van der Waals surface area contributed by atoms with Crippen LogP contribution in [0.5, 0.6) is 0 Å². The zero-order chi connectivity index (χ0) is 13.8. The molecule has 102 valence electrons. The van der Waals surface area contributed by atoms with Crippen LogP contribution in [0.25, 0.3) is 0 Å². The van der Waals surface area contributed by atoms with Crippen LogP contribution < -0.4 is 5.32 Å². The molecule has 0 aliphatic heterocycles. The van der Waals surface area contributed by atoms with Crippen LogP contribution in [0, 0.1) is 12.7 Å². The predicted octanol–water partition coefficient (Wildman–Crippen LogP) is 3.28. The lowest BCUT2D eigenvalue weighted by Crippen LogP contribution is -2.12. The van der Waals surface area contributed by atoms with E-state index in [1.54, 1.807) is 32.4 Å². The highest BCUT2D eigenvalue weighted by Crippen LogP contribution is 2.20. The molecule has 0 aliphatic rings. The number of methoxy groups -OCH3 is 1. The zero-order valence-electron chi connectivity index (χ0n) is 11.4. The number of rotatable bonds is 5. The van der Waals surface area contributed by atoms with Crippen LogP contribution in [0.2, 0.25) is 0 Å². The molecule has 0 fully saturated rings. The Morgan fingerprint density at radius 3 is 2.95 bits per heavy atom. The molecule has 0 radical (unpaired) electrons. The Labute approximate surface area is 112 Å². The van der Waals surface area contributed by atoms with Gasteiger partial charge in [-0.2, -0.15) is 0 Å². The Balaban J connectivity index is 2.19. The van der Waals surface area contributed by atoms with Crippen molar-refractivity contribution in [2.45, 2.75) is 19.9 Å². The van der Waals surface area contributed by atoms with Crippen molar-refractivity contribution in [1.82, 2.24) is 9.55 Å². The Morgan fingerprint density at radius 1 is 1.47 bits per heavy atom. The van der Waals surface area contributed by atoms with E-state index in [4.69, 9.17) is 4.74 Å². The van der Waals surface area contributed by atoms with Crippen molar-refractivity contribution in [3.8, 4) is 0 Å². The third kappa shape index (κ3) is 3.12. The molecule has 4 nitrogen and oxygen atoms in total. The van der Waals surface area contributed by atoms with Crippen molar-refractivity contribution in [3.05, 3.63) is 42.0 Å². The van der Waals surface area contributed by atoms with Gasteiger partial charge in [-0.15, -0.1) is 0 Å². The number of anilines is 2. The maximum absolute atomic E-state index is 13.2. The summed E-state index contributed by atoms with van der Waals surface area (Å²) in [7, 11) is 1.67. The summed E-state index contributed by atoms with van der Waals surface area (Å²) in [4.78, 5) is 4.27. The summed E-state index contributed by atoms with van der Waals surface area (Å²) in [5.74, 6) is 0.511. The van der Waals surface area contributed by atoms with Crippen LogP contribution in [0.1, 0.15) is 18.5 Å². The lowest BCUT2D eigenvalue weighted by atomic mass is 10.2. The molecule has 0 bridgehead atoms. The topological polar surface area (TPSA) is 39.1 Å². The Morgan fingerprint density at radius 2 is 2.26 bits per heavy atom. The van der Waals surface area contributed by atoms with Crippen molar-refractivity contribution in [2.75, 3.05) is 19.0 Å². The Kier molecular flexibility index (Phi) is 4.16. The van der Waals surface area contributed by atoms with E-state index in [-0.39, 0.29) is 11.9 Å². The number of nitrogens with one attached hydrogen (secondary N) is 1. The average molecular weight is 263 g/mol. The van der Waals surface area contributed by atoms with Crippen molar-refractivity contribution >= 4 is 11.6 Å². The Bertz CT molecular complexity index is 553. The van der Waals surface area contributed by atoms with Gasteiger partial charge < -0.3 is 14.6 Å². The van der Waals surface area contributed by atoms with Gasteiger partial charge in [0.2, 0.25) is 5.95 Å². The van der Waals surface area contributed by atoms with E-state index in [1.807, 2.05) is 17.7 Å². The van der Waals surface area contributed by atoms with Gasteiger partial charge in [-0.3, -0.25) is 0 Å². The average Bonchev–Trinajstić information content (AvgIpc) is 2.82. The van der Waals surface area contributed by atoms with Gasteiger partial charge >= 0.3 is 0 Å². The van der Waals surface area contributed by atoms with Crippen LogP contribution in [0.15, 0.2) is 30.6 Å². The summed E-state index contributed by atoms with van der Waals surface area (Å²) >= 11 is 0. The van der Waals surface area contributed by atoms with Crippen LogP contribution >= 0.6 is 0 Å². The molecule has 0 amide bonds. The molecule has 0 saturated heterocycles. The number of nitrogens with zero attached hydrogens (tertiary/aromatic N) is 2. The summed E-state index contributed by atoms with van der Waals surface area (Å²) in [6.07, 6.45) is 3.62. The molecule has 2 rings (SSSR count). The number of halogens is 1. The molecule has 1 unspecified atom stereocenters. The molecular weight excluding hydrogens is 245 g/mol. The SMILES string of the molecule is COCC(C)n1ccnc1Nc1ccc(F)c(C)c1. The number of hydrogen-bond acceptors (Lipinski definition) is 3. The highest BCUT2D eigenvalue weighted by Gasteiger charge is 2.10. The third-order valence-electron chi connectivity index (χ3n) is 2.97. The minimum Gasteiger partial charge on any atom is -0.383 e. The van der Waals surface area contributed by atoms with Crippen LogP contribution in [0.4, 0.5) is 16.0 Å². The maximum atomic E-state index is 13.2. The second-order valence-electron chi connectivity index (χ2n) is 4.55. The first-order valence-corrected chi connectivity index (χ1v) is 6.16. The predicted molar refractivity (Wildman–Crippen MR) is 73.2 cm³/mol. The van der Waals surface area contributed by atoms with E-state index < -0.39 is 0 Å². The van der Waals surface area contributed by atoms with Crippen LogP contribution in [-0.4, -0.2) is 23.3 Å². The zero-order valence-corrected chi connectivity index (χ0v) is 11.4. The fourth-order valence-electron chi connectivity index (χ4n) is 1.94. The molecule has 1 atom stereocenters. The van der Waals surface area contributed by atoms with E-state index in [0.717, 1.165) is 11.6 Å². The molecule has 1 N–H and O–H groups in total. The van der Waals surface area contributed by atoms with Gasteiger partial charge in [0.25, 0.3) is 0 Å². The molecule has 0 spiro atoms. The summed E-state index contributed by atoms with van der Waals surface area (Å²) in [6.45, 7) is 4.39. The van der Waals surface area contributed by atoms with Gasteiger partial charge in [0, 0.05) is 25.2 Å². The quantitative estimate of drug-likeness (QED) is 0.899. The lowest BCUT2D eigenvalue weighted by molar-refractivity contribution is 0.163. The second kappa shape index (κ2) is 5.84. The fourth-order valence-corrected chi connectivity index (χ4v) is 1.94. The van der Waals surface area contributed by atoms with E-state index >= 15 is 0 Å². The second-order valence-corrected chi connectivity index (χ2v) is 4.55. The first-order chi connectivity index (χ1) is 9.11. The number of imidazole rings is 1. The standard InChI is InChI=1S/C14H18FN3O/c1-10-8-12(4-5-13(10)15)17-14-16-6-7-18(14)11(2)9-19-3/h4-8,11H,9H2,1-3H3,(H,16,17). The summed E-state index contributed by atoms with van der Waals surface area (Å²) in [6, 6.07) is 5.08. The van der Waals surface area contributed by atoms with Crippen molar-refractivity contribution in [2.24, 2.45) is 0 Å². The van der Waals surface area contributed by atoms with E-state index in [2.05, 4.69) is 10.3 Å². The van der Waals surface area contributed by atoms with Crippen LogP contribution in [-0.2, 0) is 4.74 Å². The molecule has 1 heterocycles. The molecule has 1 aromatic carbocycles. The first-order valence-electron chi connectivity index (χ1n) is 6.16. The van der Waals surface area contributed by atoms with E-state index in [0.29, 0.717) is 12.2 Å².